The molecule has 3 N–H and O–H groups in total. The first-order valence-electron chi connectivity index (χ1n) is 8.78. The van der Waals surface area contributed by atoms with Crippen LogP contribution in [0, 0.1) is 0 Å². The second kappa shape index (κ2) is 6.86. The zero-order valence-corrected chi connectivity index (χ0v) is 14.3. The fourth-order valence-electron chi connectivity index (χ4n) is 3.78. The molecule has 1 aliphatic carbocycles. The van der Waals surface area contributed by atoms with Gasteiger partial charge in [-0.1, -0.05) is 36.4 Å². The van der Waals surface area contributed by atoms with Crippen molar-refractivity contribution in [3.63, 3.8) is 0 Å². The molecular weight excluding hydrogens is 314 g/mol. The maximum absolute atomic E-state index is 12.7. The van der Waals surface area contributed by atoms with E-state index in [4.69, 9.17) is 4.74 Å². The maximum atomic E-state index is 12.7. The summed E-state index contributed by atoms with van der Waals surface area (Å²) in [7, 11) is 1.66. The van der Waals surface area contributed by atoms with Crippen LogP contribution in [0.15, 0.2) is 48.5 Å². The SMILES string of the molecule is COc1cccc(C2CC(C(=O)NC3CCc4ccccc43)NN2)c1. The Morgan fingerprint density at radius 3 is 2.92 bits per heavy atom. The second-order valence-electron chi connectivity index (χ2n) is 6.70. The number of ether oxygens (including phenoxy) is 1. The Bertz CT molecular complexity index is 777. The molecule has 3 unspecified atom stereocenters. The van der Waals surface area contributed by atoms with Crippen molar-refractivity contribution in [2.45, 2.75) is 37.4 Å². The van der Waals surface area contributed by atoms with Gasteiger partial charge in [0.1, 0.15) is 11.8 Å². The Kier molecular flexibility index (Phi) is 4.42. The molecule has 130 valence electrons. The van der Waals surface area contributed by atoms with Crippen LogP contribution in [0.3, 0.4) is 0 Å². The standard InChI is InChI=1S/C20H23N3O2/c1-25-15-7-4-6-14(11-15)18-12-19(23-22-18)20(24)21-17-10-9-13-5-2-3-8-16(13)17/h2-8,11,17-19,22-23H,9-10,12H2,1H3,(H,21,24). The summed E-state index contributed by atoms with van der Waals surface area (Å²) in [4.78, 5) is 12.7. The van der Waals surface area contributed by atoms with Gasteiger partial charge >= 0.3 is 0 Å². The van der Waals surface area contributed by atoms with Crippen molar-refractivity contribution >= 4 is 5.91 Å². The molecule has 2 aliphatic rings. The first-order valence-corrected chi connectivity index (χ1v) is 8.78. The number of benzene rings is 2. The Morgan fingerprint density at radius 1 is 1.16 bits per heavy atom. The number of rotatable bonds is 4. The summed E-state index contributed by atoms with van der Waals surface area (Å²) in [5.41, 5.74) is 10.1. The highest BCUT2D eigenvalue weighted by Crippen LogP contribution is 2.31. The molecule has 5 heteroatoms. The first kappa shape index (κ1) is 16.1. The number of carbonyl (C=O) groups is 1. The highest BCUT2D eigenvalue weighted by Gasteiger charge is 2.32. The van der Waals surface area contributed by atoms with E-state index in [1.807, 2.05) is 24.3 Å². The molecule has 0 spiro atoms. The van der Waals surface area contributed by atoms with Gasteiger partial charge in [0.05, 0.1) is 13.2 Å². The van der Waals surface area contributed by atoms with Gasteiger partial charge in [-0.3, -0.25) is 4.79 Å². The van der Waals surface area contributed by atoms with Gasteiger partial charge in [-0.25, -0.2) is 10.9 Å². The molecule has 1 amide bonds. The van der Waals surface area contributed by atoms with Gasteiger partial charge in [0.15, 0.2) is 0 Å². The van der Waals surface area contributed by atoms with Gasteiger partial charge in [0, 0.05) is 6.04 Å². The fourth-order valence-corrected chi connectivity index (χ4v) is 3.78. The first-order chi connectivity index (χ1) is 12.2. The Labute approximate surface area is 147 Å². The molecular formula is C20H23N3O2. The summed E-state index contributed by atoms with van der Waals surface area (Å²) in [5.74, 6) is 0.884. The Hall–Kier alpha value is -2.37. The van der Waals surface area contributed by atoms with Gasteiger partial charge in [0.25, 0.3) is 0 Å². The zero-order chi connectivity index (χ0) is 17.2. The van der Waals surface area contributed by atoms with Crippen molar-refractivity contribution in [3.8, 4) is 5.75 Å². The van der Waals surface area contributed by atoms with Crippen molar-refractivity contribution in [1.29, 1.82) is 0 Å². The van der Waals surface area contributed by atoms with Gasteiger partial charge in [-0.05, 0) is 48.1 Å². The topological polar surface area (TPSA) is 62.4 Å². The van der Waals surface area contributed by atoms with Crippen LogP contribution in [-0.4, -0.2) is 19.1 Å². The summed E-state index contributed by atoms with van der Waals surface area (Å²) in [6.45, 7) is 0. The van der Waals surface area contributed by atoms with Crippen molar-refractivity contribution in [2.24, 2.45) is 0 Å². The normalized spacial score (nSPS) is 24.8. The lowest BCUT2D eigenvalue weighted by Crippen LogP contribution is -2.44. The van der Waals surface area contributed by atoms with E-state index in [0.29, 0.717) is 6.42 Å². The molecule has 5 nitrogen and oxygen atoms in total. The summed E-state index contributed by atoms with van der Waals surface area (Å²) < 4.78 is 5.28. The van der Waals surface area contributed by atoms with Gasteiger partial charge < -0.3 is 10.1 Å². The number of methoxy groups -OCH3 is 1. The molecule has 3 atom stereocenters. The molecule has 1 saturated heterocycles. The zero-order valence-electron chi connectivity index (χ0n) is 14.3. The lowest BCUT2D eigenvalue weighted by Gasteiger charge is -2.17. The molecule has 1 heterocycles. The summed E-state index contributed by atoms with van der Waals surface area (Å²) in [5, 5.41) is 3.21. The van der Waals surface area contributed by atoms with Crippen LogP contribution >= 0.6 is 0 Å². The number of fused-ring (bicyclic) bond motifs is 1. The monoisotopic (exact) mass is 337 g/mol. The molecule has 1 fully saturated rings. The predicted octanol–water partition coefficient (Wildman–Crippen LogP) is 2.41. The smallest absolute Gasteiger partial charge is 0.239 e. The van der Waals surface area contributed by atoms with Crippen LogP contribution in [0.2, 0.25) is 0 Å². The van der Waals surface area contributed by atoms with E-state index in [9.17, 15) is 4.79 Å². The molecule has 4 rings (SSSR count). The molecule has 0 radical (unpaired) electrons. The third kappa shape index (κ3) is 3.25. The minimum Gasteiger partial charge on any atom is -0.497 e. The lowest BCUT2D eigenvalue weighted by atomic mass is 10.0. The molecule has 2 aromatic carbocycles. The van der Waals surface area contributed by atoms with Crippen molar-refractivity contribution in [2.75, 3.05) is 7.11 Å². The second-order valence-corrected chi connectivity index (χ2v) is 6.70. The molecule has 0 bridgehead atoms. The van der Waals surface area contributed by atoms with Crippen LogP contribution in [0.5, 0.6) is 5.75 Å². The summed E-state index contributed by atoms with van der Waals surface area (Å²) in [6.07, 6.45) is 2.72. The number of nitrogens with one attached hydrogen (secondary N) is 3. The van der Waals surface area contributed by atoms with E-state index in [1.54, 1.807) is 7.11 Å². The maximum Gasteiger partial charge on any atom is 0.239 e. The quantitative estimate of drug-likeness (QED) is 0.802. The number of hydrazine groups is 1. The Morgan fingerprint density at radius 2 is 2.04 bits per heavy atom. The average molecular weight is 337 g/mol. The number of carbonyl (C=O) groups excluding carboxylic acids is 1. The third-order valence-electron chi connectivity index (χ3n) is 5.17. The van der Waals surface area contributed by atoms with Crippen LogP contribution in [0.4, 0.5) is 0 Å². The molecule has 2 aromatic rings. The minimum absolute atomic E-state index is 0.0552. The van der Waals surface area contributed by atoms with E-state index in [2.05, 4.69) is 40.4 Å². The molecule has 1 aliphatic heterocycles. The van der Waals surface area contributed by atoms with E-state index in [-0.39, 0.29) is 24.0 Å². The number of hydrogen-bond acceptors (Lipinski definition) is 4. The fraction of sp³-hybridized carbons (Fsp3) is 0.350. The highest BCUT2D eigenvalue weighted by atomic mass is 16.5. The van der Waals surface area contributed by atoms with Crippen LogP contribution in [-0.2, 0) is 11.2 Å². The van der Waals surface area contributed by atoms with E-state index >= 15 is 0 Å². The van der Waals surface area contributed by atoms with E-state index in [1.165, 1.54) is 11.1 Å². The molecule has 0 saturated carbocycles. The number of aryl methyl sites for hydroxylation is 1. The van der Waals surface area contributed by atoms with Crippen molar-refractivity contribution in [1.82, 2.24) is 16.2 Å². The largest absolute Gasteiger partial charge is 0.497 e. The van der Waals surface area contributed by atoms with Crippen molar-refractivity contribution in [3.05, 3.63) is 65.2 Å². The van der Waals surface area contributed by atoms with Crippen molar-refractivity contribution < 1.29 is 9.53 Å². The van der Waals surface area contributed by atoms with E-state index in [0.717, 1.165) is 24.2 Å². The summed E-state index contributed by atoms with van der Waals surface area (Å²) in [6, 6.07) is 16.3. The van der Waals surface area contributed by atoms with Gasteiger partial charge in [-0.15, -0.1) is 0 Å². The van der Waals surface area contributed by atoms with Crippen LogP contribution in [0.1, 0.15) is 41.6 Å². The summed E-state index contributed by atoms with van der Waals surface area (Å²) >= 11 is 0. The average Bonchev–Trinajstić information content (AvgIpc) is 3.30. The molecule has 25 heavy (non-hydrogen) atoms. The van der Waals surface area contributed by atoms with E-state index < -0.39 is 0 Å². The highest BCUT2D eigenvalue weighted by molar-refractivity contribution is 5.82. The minimum atomic E-state index is -0.232. The third-order valence-corrected chi connectivity index (χ3v) is 5.17. The van der Waals surface area contributed by atoms with Gasteiger partial charge in [-0.2, -0.15) is 0 Å². The Balaban J connectivity index is 1.39. The van der Waals surface area contributed by atoms with Gasteiger partial charge in [0.2, 0.25) is 5.91 Å². The lowest BCUT2D eigenvalue weighted by molar-refractivity contribution is -0.123. The molecule has 0 aromatic heterocycles. The predicted molar refractivity (Wildman–Crippen MR) is 96.1 cm³/mol. The number of amides is 1. The number of hydrogen-bond donors (Lipinski definition) is 3. The van der Waals surface area contributed by atoms with Crippen LogP contribution < -0.4 is 20.9 Å². The van der Waals surface area contributed by atoms with Crippen LogP contribution in [0.25, 0.3) is 0 Å².